The topological polar surface area (TPSA) is 158 Å². The first-order valence-electron chi connectivity index (χ1n) is 10.5. The molecule has 3 aromatic rings. The first kappa shape index (κ1) is 22.9. The number of nitrogens with zero attached hydrogens (tertiary/aromatic N) is 6. The van der Waals surface area contributed by atoms with E-state index in [9.17, 15) is 24.6 Å². The van der Waals surface area contributed by atoms with Crippen molar-refractivity contribution in [2.75, 3.05) is 6.61 Å². The van der Waals surface area contributed by atoms with E-state index >= 15 is 0 Å². The summed E-state index contributed by atoms with van der Waals surface area (Å²) in [7, 11) is 2.89. The first-order chi connectivity index (χ1) is 15.7. The SMILES string of the molecule is Cc1nccn1CCC(=O)N[C@@H]1CO[C@H](Cn2cnc3c(=O)n(C)c(=O)n(C)c32)[C@@H](O)[C@H]1O. The van der Waals surface area contributed by atoms with Gasteiger partial charge in [-0.3, -0.25) is 18.7 Å². The van der Waals surface area contributed by atoms with Gasteiger partial charge in [-0.2, -0.15) is 0 Å². The normalized spacial score (nSPS) is 23.2. The van der Waals surface area contributed by atoms with Crippen LogP contribution in [0.3, 0.4) is 0 Å². The Balaban J connectivity index is 1.42. The van der Waals surface area contributed by atoms with Gasteiger partial charge in [-0.05, 0) is 6.92 Å². The smallest absolute Gasteiger partial charge is 0.332 e. The molecule has 1 saturated heterocycles. The van der Waals surface area contributed by atoms with Crippen LogP contribution < -0.4 is 16.6 Å². The summed E-state index contributed by atoms with van der Waals surface area (Å²) in [6.07, 6.45) is 1.61. The molecule has 1 amide bonds. The van der Waals surface area contributed by atoms with Crippen LogP contribution in [0.4, 0.5) is 0 Å². The fourth-order valence-electron chi connectivity index (χ4n) is 4.08. The summed E-state index contributed by atoms with van der Waals surface area (Å²) in [5.74, 6) is 0.511. The minimum Gasteiger partial charge on any atom is -0.388 e. The molecule has 13 heteroatoms. The van der Waals surface area contributed by atoms with Gasteiger partial charge in [-0.25, -0.2) is 14.8 Å². The molecule has 178 valence electrons. The molecule has 0 spiro atoms. The molecule has 33 heavy (non-hydrogen) atoms. The second-order valence-electron chi connectivity index (χ2n) is 8.22. The Hall–Kier alpha value is -3.29. The molecule has 4 rings (SSSR count). The summed E-state index contributed by atoms with van der Waals surface area (Å²) in [6, 6.07) is -0.774. The molecule has 1 aliphatic heterocycles. The highest BCUT2D eigenvalue weighted by Gasteiger charge is 2.39. The van der Waals surface area contributed by atoms with Crippen molar-refractivity contribution >= 4 is 17.1 Å². The van der Waals surface area contributed by atoms with Crippen LogP contribution in [0.5, 0.6) is 0 Å². The molecule has 0 bridgehead atoms. The molecule has 0 saturated carbocycles. The number of rotatable bonds is 6. The number of hydrogen-bond acceptors (Lipinski definition) is 8. The molecule has 0 aliphatic carbocycles. The first-order valence-corrected chi connectivity index (χ1v) is 10.5. The molecule has 0 unspecified atom stereocenters. The number of amides is 1. The number of ether oxygens (including phenoxy) is 1. The van der Waals surface area contributed by atoms with Gasteiger partial charge in [0, 0.05) is 39.5 Å². The number of aliphatic hydroxyl groups is 2. The van der Waals surface area contributed by atoms with Gasteiger partial charge in [0.2, 0.25) is 5.91 Å². The largest absolute Gasteiger partial charge is 0.388 e. The number of imidazole rings is 2. The van der Waals surface area contributed by atoms with E-state index in [1.54, 1.807) is 12.4 Å². The summed E-state index contributed by atoms with van der Waals surface area (Å²) < 4.78 is 11.4. The van der Waals surface area contributed by atoms with Gasteiger partial charge in [0.25, 0.3) is 5.56 Å². The highest BCUT2D eigenvalue weighted by atomic mass is 16.5. The van der Waals surface area contributed by atoms with Crippen LogP contribution in [0.2, 0.25) is 0 Å². The summed E-state index contributed by atoms with van der Waals surface area (Å²) in [4.78, 5) is 45.1. The quantitative estimate of drug-likeness (QED) is 0.368. The zero-order chi connectivity index (χ0) is 23.9. The van der Waals surface area contributed by atoms with Gasteiger partial charge in [-0.1, -0.05) is 0 Å². The molecule has 4 atom stereocenters. The van der Waals surface area contributed by atoms with Crippen LogP contribution in [0.25, 0.3) is 11.2 Å². The van der Waals surface area contributed by atoms with Crippen LogP contribution in [0.1, 0.15) is 12.2 Å². The highest BCUT2D eigenvalue weighted by Crippen LogP contribution is 2.19. The Bertz CT molecular complexity index is 1290. The van der Waals surface area contributed by atoms with Crippen LogP contribution in [0.15, 0.2) is 28.3 Å². The van der Waals surface area contributed by atoms with Crippen LogP contribution >= 0.6 is 0 Å². The fourth-order valence-corrected chi connectivity index (χ4v) is 4.08. The zero-order valence-electron chi connectivity index (χ0n) is 18.6. The Morgan fingerprint density at radius 2 is 1.94 bits per heavy atom. The van der Waals surface area contributed by atoms with Gasteiger partial charge in [-0.15, -0.1) is 0 Å². The van der Waals surface area contributed by atoms with Gasteiger partial charge in [0.1, 0.15) is 29.8 Å². The minimum atomic E-state index is -1.30. The maximum absolute atomic E-state index is 12.3. The lowest BCUT2D eigenvalue weighted by atomic mass is 9.97. The van der Waals surface area contributed by atoms with Crippen molar-refractivity contribution in [3.8, 4) is 0 Å². The molecule has 4 heterocycles. The van der Waals surface area contributed by atoms with E-state index in [1.165, 1.54) is 29.6 Å². The number of aromatic nitrogens is 6. The predicted octanol–water partition coefficient (Wildman–Crippen LogP) is -2.37. The maximum Gasteiger partial charge on any atom is 0.332 e. The number of carbonyl (C=O) groups is 1. The Kier molecular flexibility index (Phi) is 6.19. The maximum atomic E-state index is 12.3. The van der Waals surface area contributed by atoms with E-state index in [-0.39, 0.29) is 31.0 Å². The molecule has 13 nitrogen and oxygen atoms in total. The molecule has 0 radical (unpaired) electrons. The number of fused-ring (bicyclic) bond motifs is 1. The molecular formula is C20H27N7O6. The fraction of sp³-hybridized carbons (Fsp3) is 0.550. The van der Waals surface area contributed by atoms with Gasteiger partial charge >= 0.3 is 5.69 Å². The summed E-state index contributed by atoms with van der Waals surface area (Å²) in [6.45, 7) is 2.33. The lowest BCUT2D eigenvalue weighted by Crippen LogP contribution is -2.60. The van der Waals surface area contributed by atoms with Crippen LogP contribution in [0, 0.1) is 6.92 Å². The minimum absolute atomic E-state index is 0.00787. The van der Waals surface area contributed by atoms with Crippen molar-refractivity contribution in [1.82, 2.24) is 33.6 Å². The van der Waals surface area contributed by atoms with E-state index in [0.717, 1.165) is 10.4 Å². The number of carbonyl (C=O) groups excluding carboxylic acids is 1. The molecule has 0 aromatic carbocycles. The van der Waals surface area contributed by atoms with E-state index in [4.69, 9.17) is 4.74 Å². The standard InChI is InChI=1S/C20H27N7O6/c1-11-21-5-7-26(11)6-4-14(28)23-12-9-33-13(17(30)16(12)29)8-27-10-22-15-18(27)24(2)20(32)25(3)19(15)31/h5,7,10,12-13,16-17,29-30H,4,6,8-9H2,1-3H3,(H,23,28)/t12-,13-,16+,17-/m1/s1. The second-order valence-corrected chi connectivity index (χ2v) is 8.22. The monoisotopic (exact) mass is 461 g/mol. The third-order valence-corrected chi connectivity index (χ3v) is 6.07. The number of hydrogen-bond donors (Lipinski definition) is 3. The number of nitrogens with one attached hydrogen (secondary N) is 1. The average molecular weight is 461 g/mol. The highest BCUT2D eigenvalue weighted by molar-refractivity contribution is 5.76. The van der Waals surface area contributed by atoms with Crippen molar-refractivity contribution < 1.29 is 19.7 Å². The number of aliphatic hydroxyl groups excluding tert-OH is 2. The molecule has 3 aromatic heterocycles. The molecule has 3 N–H and O–H groups in total. The molecular weight excluding hydrogens is 434 g/mol. The Morgan fingerprint density at radius 1 is 1.18 bits per heavy atom. The van der Waals surface area contributed by atoms with Gasteiger partial charge < -0.3 is 29.4 Å². The zero-order valence-corrected chi connectivity index (χ0v) is 18.6. The summed E-state index contributed by atoms with van der Waals surface area (Å²) in [5, 5.41) is 23.9. The lowest BCUT2D eigenvalue weighted by molar-refractivity contribution is -0.158. The van der Waals surface area contributed by atoms with Crippen molar-refractivity contribution in [2.45, 2.75) is 50.8 Å². The average Bonchev–Trinajstić information content (AvgIpc) is 3.40. The Labute approximate surface area is 187 Å². The van der Waals surface area contributed by atoms with Gasteiger partial charge in [0.05, 0.1) is 25.5 Å². The van der Waals surface area contributed by atoms with Crippen molar-refractivity contribution in [3.63, 3.8) is 0 Å². The van der Waals surface area contributed by atoms with Crippen LogP contribution in [-0.4, -0.2) is 75.3 Å². The van der Waals surface area contributed by atoms with Crippen molar-refractivity contribution in [1.29, 1.82) is 0 Å². The molecule has 1 aliphatic rings. The summed E-state index contributed by atoms with van der Waals surface area (Å²) in [5.41, 5.74) is -0.624. The second kappa shape index (κ2) is 8.92. The van der Waals surface area contributed by atoms with Crippen LogP contribution in [-0.2, 0) is 36.7 Å². The van der Waals surface area contributed by atoms with E-state index in [0.29, 0.717) is 12.2 Å². The van der Waals surface area contributed by atoms with Crippen molar-refractivity contribution in [3.05, 3.63) is 45.4 Å². The predicted molar refractivity (Wildman–Crippen MR) is 115 cm³/mol. The van der Waals surface area contributed by atoms with E-state index in [1.807, 2.05) is 11.5 Å². The third kappa shape index (κ3) is 4.21. The molecule has 1 fully saturated rings. The number of aryl methyl sites for hydroxylation is 3. The third-order valence-electron chi connectivity index (χ3n) is 6.07. The van der Waals surface area contributed by atoms with Gasteiger partial charge in [0.15, 0.2) is 5.52 Å². The van der Waals surface area contributed by atoms with E-state index in [2.05, 4.69) is 15.3 Å². The lowest BCUT2D eigenvalue weighted by Gasteiger charge is -2.38. The van der Waals surface area contributed by atoms with E-state index < -0.39 is 35.6 Å². The Morgan fingerprint density at radius 3 is 2.64 bits per heavy atom. The van der Waals surface area contributed by atoms with Crippen molar-refractivity contribution in [2.24, 2.45) is 14.1 Å². The summed E-state index contributed by atoms with van der Waals surface area (Å²) >= 11 is 0.